The summed E-state index contributed by atoms with van der Waals surface area (Å²) in [6, 6.07) is 4.24. The second-order valence-electron chi connectivity index (χ2n) is 4.23. The number of carbonyl (C=O) groups is 2. The van der Waals surface area contributed by atoms with Crippen LogP contribution in [0.25, 0.3) is 0 Å². The van der Waals surface area contributed by atoms with Gasteiger partial charge in [-0.05, 0) is 25.1 Å². The topological polar surface area (TPSA) is 93.5 Å². The van der Waals surface area contributed by atoms with E-state index in [1.54, 1.807) is 25.1 Å². The van der Waals surface area contributed by atoms with E-state index in [1.165, 1.54) is 14.2 Å². The highest BCUT2D eigenvalue weighted by molar-refractivity contribution is 5.97. The van der Waals surface area contributed by atoms with Gasteiger partial charge in [-0.15, -0.1) is 0 Å². The van der Waals surface area contributed by atoms with E-state index in [4.69, 9.17) is 10.5 Å². The third kappa shape index (κ3) is 4.51. The number of nitrogens with one attached hydrogen (secondary N) is 2. The number of ether oxygens (including phenoxy) is 1. The van der Waals surface area contributed by atoms with Crippen LogP contribution < -0.4 is 21.1 Å². The maximum Gasteiger partial charge on any atom is 0.251 e. The molecule has 0 fully saturated rings. The Labute approximate surface area is 124 Å². The zero-order valence-electron chi connectivity index (χ0n) is 12.3. The Balaban J connectivity index is 2.98. The Hall–Kier alpha value is -2.52. The summed E-state index contributed by atoms with van der Waals surface area (Å²) in [6.07, 6.45) is 0. The van der Waals surface area contributed by atoms with E-state index in [0.29, 0.717) is 16.9 Å². The molecule has 0 aliphatic heterocycles. The molecule has 0 saturated carbocycles. The Morgan fingerprint density at radius 2 is 2.14 bits per heavy atom. The number of hydrogen-bond donors (Lipinski definition) is 3. The van der Waals surface area contributed by atoms with Gasteiger partial charge in [-0.25, -0.2) is 0 Å². The zero-order chi connectivity index (χ0) is 15.8. The summed E-state index contributed by atoms with van der Waals surface area (Å²) in [5.41, 5.74) is 6.31. The number of likely N-dealkylation sites (N-methyl/N-ethyl adjacent to an activating group) is 1. The van der Waals surface area contributed by atoms with E-state index < -0.39 is 6.04 Å². The number of hydrogen-bond acceptors (Lipinski definition) is 4. The van der Waals surface area contributed by atoms with Gasteiger partial charge in [-0.1, -0.05) is 11.8 Å². The van der Waals surface area contributed by atoms with Crippen LogP contribution >= 0.6 is 0 Å². The van der Waals surface area contributed by atoms with Crippen molar-refractivity contribution in [2.24, 2.45) is 5.73 Å². The highest BCUT2D eigenvalue weighted by Gasteiger charge is 2.16. The molecule has 0 bridgehead atoms. The van der Waals surface area contributed by atoms with Crippen molar-refractivity contribution in [3.63, 3.8) is 0 Å². The number of rotatable bonds is 4. The highest BCUT2D eigenvalue weighted by Crippen LogP contribution is 2.18. The van der Waals surface area contributed by atoms with Crippen LogP contribution in [-0.4, -0.2) is 38.6 Å². The molecule has 1 atom stereocenters. The minimum atomic E-state index is -0.622. The molecule has 112 valence electrons. The van der Waals surface area contributed by atoms with Crippen molar-refractivity contribution in [2.45, 2.75) is 13.0 Å². The standard InChI is InChI=1S/C15H19N3O3/c1-10(14(19)17-2)18-15(20)12-6-7-13(21-3)11(9-12)5-4-8-16/h6-7,9-10H,8,16H2,1-3H3,(H,17,19)(H,18,20). The van der Waals surface area contributed by atoms with Gasteiger partial charge in [-0.3, -0.25) is 9.59 Å². The molecule has 2 amide bonds. The summed E-state index contributed by atoms with van der Waals surface area (Å²) in [4.78, 5) is 23.5. The van der Waals surface area contributed by atoms with Crippen LogP contribution in [0, 0.1) is 11.8 Å². The molecule has 4 N–H and O–H groups in total. The van der Waals surface area contributed by atoms with Gasteiger partial charge in [0.1, 0.15) is 11.8 Å². The molecule has 0 aliphatic carbocycles. The van der Waals surface area contributed by atoms with Crippen molar-refractivity contribution < 1.29 is 14.3 Å². The van der Waals surface area contributed by atoms with Crippen molar-refractivity contribution >= 4 is 11.8 Å². The van der Waals surface area contributed by atoms with Gasteiger partial charge in [-0.2, -0.15) is 0 Å². The Morgan fingerprint density at radius 1 is 1.43 bits per heavy atom. The third-order valence-electron chi connectivity index (χ3n) is 2.77. The fourth-order valence-electron chi connectivity index (χ4n) is 1.66. The molecule has 0 heterocycles. The van der Waals surface area contributed by atoms with E-state index in [1.807, 2.05) is 0 Å². The maximum absolute atomic E-state index is 12.1. The van der Waals surface area contributed by atoms with Crippen LogP contribution in [0.4, 0.5) is 0 Å². The normalized spacial score (nSPS) is 10.9. The monoisotopic (exact) mass is 289 g/mol. The molecule has 0 saturated heterocycles. The molecule has 6 nitrogen and oxygen atoms in total. The lowest BCUT2D eigenvalue weighted by molar-refractivity contribution is -0.122. The number of methoxy groups -OCH3 is 1. The van der Waals surface area contributed by atoms with Crippen LogP contribution in [0.2, 0.25) is 0 Å². The van der Waals surface area contributed by atoms with Gasteiger partial charge in [0.15, 0.2) is 0 Å². The number of benzene rings is 1. The fourth-order valence-corrected chi connectivity index (χ4v) is 1.66. The molecule has 0 aromatic heterocycles. The smallest absolute Gasteiger partial charge is 0.251 e. The third-order valence-corrected chi connectivity index (χ3v) is 2.77. The Bertz CT molecular complexity index is 588. The maximum atomic E-state index is 12.1. The number of nitrogens with two attached hydrogens (primary N) is 1. The van der Waals surface area contributed by atoms with Crippen molar-refractivity contribution in [2.75, 3.05) is 20.7 Å². The lowest BCUT2D eigenvalue weighted by atomic mass is 10.1. The second-order valence-corrected chi connectivity index (χ2v) is 4.23. The molecule has 21 heavy (non-hydrogen) atoms. The van der Waals surface area contributed by atoms with Crippen LogP contribution in [0.1, 0.15) is 22.8 Å². The molecule has 1 aromatic carbocycles. The Kier molecular flexibility index (Phi) is 6.24. The average molecular weight is 289 g/mol. The summed E-state index contributed by atoms with van der Waals surface area (Å²) in [7, 11) is 3.04. The van der Waals surface area contributed by atoms with Gasteiger partial charge >= 0.3 is 0 Å². The van der Waals surface area contributed by atoms with Gasteiger partial charge in [0.25, 0.3) is 5.91 Å². The first-order chi connectivity index (χ1) is 10.0. The molecule has 6 heteroatoms. The average Bonchev–Trinajstić information content (AvgIpc) is 2.51. The summed E-state index contributed by atoms with van der Waals surface area (Å²) < 4.78 is 5.17. The molecular weight excluding hydrogens is 270 g/mol. The molecule has 0 aliphatic rings. The van der Waals surface area contributed by atoms with Crippen LogP contribution in [-0.2, 0) is 4.79 Å². The van der Waals surface area contributed by atoms with Crippen molar-refractivity contribution in [3.05, 3.63) is 29.3 Å². The predicted molar refractivity (Wildman–Crippen MR) is 79.9 cm³/mol. The SMILES string of the molecule is CNC(=O)C(C)NC(=O)c1ccc(OC)c(C#CCN)c1. The largest absolute Gasteiger partial charge is 0.495 e. The minimum absolute atomic E-state index is 0.216. The molecular formula is C15H19N3O3. The Morgan fingerprint density at radius 3 is 2.71 bits per heavy atom. The molecule has 1 aromatic rings. The van der Waals surface area contributed by atoms with Gasteiger partial charge in [0, 0.05) is 12.6 Å². The zero-order valence-corrected chi connectivity index (χ0v) is 12.3. The summed E-state index contributed by atoms with van der Waals surface area (Å²) >= 11 is 0. The second kappa shape index (κ2) is 7.92. The van der Waals surface area contributed by atoms with Crippen LogP contribution in [0.5, 0.6) is 5.75 Å². The lowest BCUT2D eigenvalue weighted by Crippen LogP contribution is -2.43. The predicted octanol–water partition coefficient (Wildman–Crippen LogP) is -0.130. The van der Waals surface area contributed by atoms with E-state index in [2.05, 4.69) is 22.5 Å². The molecule has 0 radical (unpaired) electrons. The van der Waals surface area contributed by atoms with E-state index >= 15 is 0 Å². The lowest BCUT2D eigenvalue weighted by Gasteiger charge is -2.13. The fraction of sp³-hybridized carbons (Fsp3) is 0.333. The highest BCUT2D eigenvalue weighted by atomic mass is 16.5. The van der Waals surface area contributed by atoms with Gasteiger partial charge in [0.05, 0.1) is 19.2 Å². The first-order valence-electron chi connectivity index (χ1n) is 6.43. The summed E-state index contributed by atoms with van der Waals surface area (Å²) in [6.45, 7) is 1.82. The van der Waals surface area contributed by atoms with E-state index in [9.17, 15) is 9.59 Å². The quantitative estimate of drug-likeness (QED) is 0.673. The van der Waals surface area contributed by atoms with Crippen molar-refractivity contribution in [1.82, 2.24) is 10.6 Å². The van der Waals surface area contributed by atoms with Crippen molar-refractivity contribution in [3.8, 4) is 17.6 Å². The molecule has 1 unspecified atom stereocenters. The summed E-state index contributed by atoms with van der Waals surface area (Å²) in [5, 5.41) is 5.07. The first-order valence-corrected chi connectivity index (χ1v) is 6.43. The minimum Gasteiger partial charge on any atom is -0.495 e. The first kappa shape index (κ1) is 16.5. The van der Waals surface area contributed by atoms with Crippen molar-refractivity contribution in [1.29, 1.82) is 0 Å². The van der Waals surface area contributed by atoms with E-state index in [0.717, 1.165) is 0 Å². The van der Waals surface area contributed by atoms with Crippen LogP contribution in [0.15, 0.2) is 18.2 Å². The van der Waals surface area contributed by atoms with Gasteiger partial charge in [0.2, 0.25) is 5.91 Å². The molecule has 1 rings (SSSR count). The van der Waals surface area contributed by atoms with E-state index in [-0.39, 0.29) is 18.4 Å². The van der Waals surface area contributed by atoms with Crippen LogP contribution in [0.3, 0.4) is 0 Å². The molecule has 0 spiro atoms. The number of amides is 2. The van der Waals surface area contributed by atoms with Gasteiger partial charge < -0.3 is 21.1 Å². The summed E-state index contributed by atoms with van der Waals surface area (Å²) in [5.74, 6) is 5.50. The number of carbonyl (C=O) groups excluding carboxylic acids is 2.